The van der Waals surface area contributed by atoms with Crippen LogP contribution in [0.25, 0.3) is 11.0 Å². The van der Waals surface area contributed by atoms with E-state index in [1.807, 2.05) is 17.8 Å². The van der Waals surface area contributed by atoms with Gasteiger partial charge in [0, 0.05) is 18.2 Å². The van der Waals surface area contributed by atoms with Gasteiger partial charge in [0.25, 0.3) is 0 Å². The molecule has 1 aromatic carbocycles. The number of rotatable bonds is 4. The number of thioether (sulfide) groups is 1. The number of fused-ring (bicyclic) bond motifs is 1. The monoisotopic (exact) mass is 290 g/mol. The number of imidazole rings is 1. The lowest BCUT2D eigenvalue weighted by molar-refractivity contribution is 0.0437. The largest absolute Gasteiger partial charge is 0.388 e. The summed E-state index contributed by atoms with van der Waals surface area (Å²) in [5.74, 6) is 2.08. The van der Waals surface area contributed by atoms with Gasteiger partial charge in [0.15, 0.2) is 0 Å². The summed E-state index contributed by atoms with van der Waals surface area (Å²) in [6.45, 7) is 5.28. The van der Waals surface area contributed by atoms with E-state index in [1.165, 1.54) is 5.52 Å². The van der Waals surface area contributed by atoms with Crippen molar-refractivity contribution in [1.82, 2.24) is 9.55 Å². The molecule has 3 nitrogen and oxygen atoms in total. The maximum atomic E-state index is 10.9. The van der Waals surface area contributed by atoms with Gasteiger partial charge < -0.3 is 9.67 Å². The third-order valence-corrected chi connectivity index (χ3v) is 5.68. The number of aliphatic hydroxyl groups is 1. The Hall–Kier alpha value is -1.00. The van der Waals surface area contributed by atoms with Gasteiger partial charge in [0.05, 0.1) is 16.6 Å². The molecule has 4 heteroatoms. The Labute approximate surface area is 124 Å². The molecule has 2 atom stereocenters. The van der Waals surface area contributed by atoms with Gasteiger partial charge in [-0.3, -0.25) is 0 Å². The Morgan fingerprint density at radius 3 is 2.95 bits per heavy atom. The lowest BCUT2D eigenvalue weighted by atomic mass is 9.93. The third-order valence-electron chi connectivity index (χ3n) is 4.30. The topological polar surface area (TPSA) is 38.0 Å². The van der Waals surface area contributed by atoms with Crippen LogP contribution in [0.1, 0.15) is 32.5 Å². The maximum Gasteiger partial charge on any atom is 0.112 e. The quantitative estimate of drug-likeness (QED) is 0.939. The van der Waals surface area contributed by atoms with Crippen molar-refractivity contribution >= 4 is 22.8 Å². The molecule has 0 aliphatic carbocycles. The highest BCUT2D eigenvalue weighted by Crippen LogP contribution is 2.38. The number of para-hydroxylation sites is 2. The summed E-state index contributed by atoms with van der Waals surface area (Å²) in [5.41, 5.74) is 1.63. The first kappa shape index (κ1) is 14.0. The molecule has 1 aromatic heterocycles. The second kappa shape index (κ2) is 5.41. The maximum absolute atomic E-state index is 10.9. The highest BCUT2D eigenvalue weighted by atomic mass is 32.2. The van der Waals surface area contributed by atoms with Crippen molar-refractivity contribution in [3.63, 3.8) is 0 Å². The minimum atomic E-state index is -0.600. The predicted molar refractivity (Wildman–Crippen MR) is 85.2 cm³/mol. The van der Waals surface area contributed by atoms with Crippen molar-refractivity contribution in [3.05, 3.63) is 30.1 Å². The van der Waals surface area contributed by atoms with Gasteiger partial charge in [-0.1, -0.05) is 26.0 Å². The Morgan fingerprint density at radius 1 is 1.45 bits per heavy atom. The summed E-state index contributed by atoms with van der Waals surface area (Å²) in [4.78, 5) is 4.77. The van der Waals surface area contributed by atoms with E-state index in [1.54, 1.807) is 0 Å². The average Bonchev–Trinajstić information content (AvgIpc) is 2.93. The zero-order valence-electron chi connectivity index (χ0n) is 12.2. The molecule has 0 saturated carbocycles. The normalized spacial score (nSPS) is 26.4. The van der Waals surface area contributed by atoms with Gasteiger partial charge in [-0.05, 0) is 30.7 Å². The molecule has 1 fully saturated rings. The molecule has 1 saturated heterocycles. The molecule has 0 amide bonds. The van der Waals surface area contributed by atoms with E-state index < -0.39 is 5.60 Å². The lowest BCUT2D eigenvalue weighted by Crippen LogP contribution is -2.38. The number of benzene rings is 1. The van der Waals surface area contributed by atoms with E-state index in [0.717, 1.165) is 36.5 Å². The molecule has 3 rings (SSSR count). The molecule has 20 heavy (non-hydrogen) atoms. The first-order valence-corrected chi connectivity index (χ1v) is 8.47. The fourth-order valence-corrected chi connectivity index (χ4v) is 4.35. The summed E-state index contributed by atoms with van der Waals surface area (Å²) >= 11 is 1.86. The summed E-state index contributed by atoms with van der Waals surface area (Å²) in [5, 5.41) is 11.1. The van der Waals surface area contributed by atoms with Crippen molar-refractivity contribution in [2.75, 3.05) is 5.75 Å². The molecule has 1 aliphatic heterocycles. The zero-order valence-corrected chi connectivity index (χ0v) is 13.0. The van der Waals surface area contributed by atoms with Crippen LogP contribution in [-0.2, 0) is 13.0 Å². The second-order valence-electron chi connectivity index (χ2n) is 5.71. The van der Waals surface area contributed by atoms with Gasteiger partial charge in [0.2, 0.25) is 0 Å². The smallest absolute Gasteiger partial charge is 0.112 e. The standard InChI is InChI=1S/C16H22N2OS/c1-3-9-18-14-7-5-4-6-13(14)17-15(18)11-16(19)8-10-20-12(16)2/h4-7,12,19H,3,8-11H2,1-2H3. The van der Waals surface area contributed by atoms with Crippen LogP contribution in [0.3, 0.4) is 0 Å². The molecule has 108 valence electrons. The first-order chi connectivity index (χ1) is 9.64. The van der Waals surface area contributed by atoms with Crippen LogP contribution in [0, 0.1) is 0 Å². The van der Waals surface area contributed by atoms with Crippen LogP contribution in [0.5, 0.6) is 0 Å². The van der Waals surface area contributed by atoms with Crippen LogP contribution in [0.4, 0.5) is 0 Å². The molecular weight excluding hydrogens is 268 g/mol. The summed E-state index contributed by atoms with van der Waals surface area (Å²) in [6, 6.07) is 8.26. The van der Waals surface area contributed by atoms with Gasteiger partial charge >= 0.3 is 0 Å². The molecule has 2 heterocycles. The molecule has 2 aromatic rings. The summed E-state index contributed by atoms with van der Waals surface area (Å²) in [7, 11) is 0. The van der Waals surface area contributed by atoms with Crippen molar-refractivity contribution in [2.45, 2.75) is 50.5 Å². The number of hydrogen-bond donors (Lipinski definition) is 1. The molecular formula is C16H22N2OS. The SMILES string of the molecule is CCCn1c(CC2(O)CCSC2C)nc2ccccc21. The minimum Gasteiger partial charge on any atom is -0.388 e. The zero-order chi connectivity index (χ0) is 14.2. The molecule has 0 spiro atoms. The summed E-state index contributed by atoms with van der Waals surface area (Å²) < 4.78 is 2.28. The molecule has 1 aliphatic rings. The van der Waals surface area contributed by atoms with Crippen molar-refractivity contribution < 1.29 is 5.11 Å². The Balaban J connectivity index is 2.00. The van der Waals surface area contributed by atoms with Crippen molar-refractivity contribution in [2.24, 2.45) is 0 Å². The molecule has 1 N–H and O–H groups in total. The van der Waals surface area contributed by atoms with E-state index in [2.05, 4.69) is 36.6 Å². The number of nitrogens with zero attached hydrogens (tertiary/aromatic N) is 2. The van der Waals surface area contributed by atoms with Crippen LogP contribution >= 0.6 is 11.8 Å². The van der Waals surface area contributed by atoms with Crippen molar-refractivity contribution in [1.29, 1.82) is 0 Å². The van der Waals surface area contributed by atoms with Gasteiger partial charge in [-0.15, -0.1) is 0 Å². The highest BCUT2D eigenvalue weighted by Gasteiger charge is 2.40. The van der Waals surface area contributed by atoms with Crippen molar-refractivity contribution in [3.8, 4) is 0 Å². The van der Waals surface area contributed by atoms with E-state index in [9.17, 15) is 5.11 Å². The van der Waals surface area contributed by atoms with Crippen LogP contribution in [0.2, 0.25) is 0 Å². The number of aromatic nitrogens is 2. The minimum absolute atomic E-state index is 0.289. The van der Waals surface area contributed by atoms with Gasteiger partial charge in [0.1, 0.15) is 5.82 Å². The second-order valence-corrected chi connectivity index (χ2v) is 7.16. The van der Waals surface area contributed by atoms with E-state index in [4.69, 9.17) is 4.98 Å². The fourth-order valence-electron chi connectivity index (χ4n) is 3.01. The summed E-state index contributed by atoms with van der Waals surface area (Å²) in [6.07, 6.45) is 2.61. The molecule has 2 unspecified atom stereocenters. The Morgan fingerprint density at radius 2 is 2.25 bits per heavy atom. The van der Waals surface area contributed by atoms with Crippen LogP contribution < -0.4 is 0 Å². The van der Waals surface area contributed by atoms with Crippen LogP contribution in [-0.4, -0.2) is 31.3 Å². The Kier molecular flexibility index (Phi) is 3.78. The highest BCUT2D eigenvalue weighted by molar-refractivity contribution is 8.00. The van der Waals surface area contributed by atoms with Gasteiger partial charge in [-0.2, -0.15) is 11.8 Å². The average molecular weight is 290 g/mol. The van der Waals surface area contributed by atoms with Gasteiger partial charge in [-0.25, -0.2) is 4.98 Å². The predicted octanol–water partition coefficient (Wildman–Crippen LogP) is 3.25. The molecule has 0 bridgehead atoms. The van der Waals surface area contributed by atoms with Crippen LogP contribution in [0.15, 0.2) is 24.3 Å². The lowest BCUT2D eigenvalue weighted by Gasteiger charge is -2.26. The Bertz CT molecular complexity index is 610. The molecule has 0 radical (unpaired) electrons. The number of hydrogen-bond acceptors (Lipinski definition) is 3. The third kappa shape index (κ3) is 2.35. The van der Waals surface area contributed by atoms with E-state index in [-0.39, 0.29) is 5.25 Å². The van der Waals surface area contributed by atoms with E-state index >= 15 is 0 Å². The fraction of sp³-hybridized carbons (Fsp3) is 0.562. The number of aryl methyl sites for hydroxylation is 1. The first-order valence-electron chi connectivity index (χ1n) is 7.42. The van der Waals surface area contributed by atoms with E-state index in [0.29, 0.717) is 6.42 Å².